The van der Waals surface area contributed by atoms with Crippen molar-refractivity contribution in [1.29, 1.82) is 0 Å². The summed E-state index contributed by atoms with van der Waals surface area (Å²) in [5, 5.41) is 3.29. The third-order valence-electron chi connectivity index (χ3n) is 3.61. The molecule has 20 heavy (non-hydrogen) atoms. The molecule has 0 aliphatic carbocycles. The van der Waals surface area contributed by atoms with E-state index in [0.717, 1.165) is 30.8 Å². The summed E-state index contributed by atoms with van der Waals surface area (Å²) in [6.45, 7) is 9.52. The number of rotatable bonds is 9. The summed E-state index contributed by atoms with van der Waals surface area (Å²) >= 11 is 0. The van der Waals surface area contributed by atoms with Crippen LogP contribution in [0.25, 0.3) is 0 Å². The van der Waals surface area contributed by atoms with E-state index >= 15 is 0 Å². The maximum absolute atomic E-state index is 13.5. The molecule has 4 heteroatoms. The molecule has 1 aromatic carbocycles. The Morgan fingerprint density at radius 3 is 2.70 bits per heavy atom. The minimum absolute atomic E-state index is 0.183. The Labute approximate surface area is 122 Å². The molecule has 0 aliphatic rings. The Bertz CT molecular complexity index is 398. The largest absolute Gasteiger partial charge is 0.383 e. The van der Waals surface area contributed by atoms with Crippen molar-refractivity contribution in [3.05, 3.63) is 29.6 Å². The van der Waals surface area contributed by atoms with Crippen LogP contribution in [0.1, 0.15) is 32.8 Å². The zero-order valence-electron chi connectivity index (χ0n) is 13.1. The van der Waals surface area contributed by atoms with Gasteiger partial charge in [0.2, 0.25) is 0 Å². The van der Waals surface area contributed by atoms with E-state index in [1.165, 1.54) is 0 Å². The van der Waals surface area contributed by atoms with Crippen molar-refractivity contribution in [2.75, 3.05) is 31.7 Å². The van der Waals surface area contributed by atoms with Crippen molar-refractivity contribution in [2.24, 2.45) is 0 Å². The van der Waals surface area contributed by atoms with Crippen molar-refractivity contribution in [1.82, 2.24) is 5.32 Å². The lowest BCUT2D eigenvalue weighted by molar-refractivity contribution is 0.199. The highest BCUT2D eigenvalue weighted by molar-refractivity contribution is 5.54. The fraction of sp³-hybridized carbons (Fsp3) is 0.625. The zero-order chi connectivity index (χ0) is 15.0. The van der Waals surface area contributed by atoms with Crippen LogP contribution in [0, 0.1) is 5.82 Å². The monoisotopic (exact) mass is 282 g/mol. The van der Waals surface area contributed by atoms with Crippen molar-refractivity contribution in [3.63, 3.8) is 0 Å². The first-order chi connectivity index (χ1) is 9.63. The highest BCUT2D eigenvalue weighted by Gasteiger charge is 2.15. The molecule has 114 valence electrons. The molecule has 1 N–H and O–H groups in total. The molecule has 0 heterocycles. The fourth-order valence-electron chi connectivity index (χ4n) is 2.31. The Morgan fingerprint density at radius 1 is 1.35 bits per heavy atom. The Hall–Kier alpha value is -1.13. The summed E-state index contributed by atoms with van der Waals surface area (Å²) in [5.74, 6) is -0.183. The third kappa shape index (κ3) is 4.76. The average Bonchev–Trinajstić information content (AvgIpc) is 2.46. The fourth-order valence-corrected chi connectivity index (χ4v) is 2.31. The van der Waals surface area contributed by atoms with Crippen LogP contribution in [0.3, 0.4) is 0 Å². The van der Waals surface area contributed by atoms with Crippen LogP contribution < -0.4 is 10.2 Å². The lowest BCUT2D eigenvalue weighted by Crippen LogP contribution is -2.33. The Balaban J connectivity index is 2.87. The first kappa shape index (κ1) is 16.9. The highest BCUT2D eigenvalue weighted by Crippen LogP contribution is 2.24. The number of nitrogens with one attached hydrogen (secondary N) is 1. The van der Waals surface area contributed by atoms with Crippen molar-refractivity contribution in [2.45, 2.75) is 39.8 Å². The number of nitrogens with zero attached hydrogens (tertiary/aromatic N) is 1. The Kier molecular flexibility index (Phi) is 7.55. The van der Waals surface area contributed by atoms with Crippen LogP contribution in [0.15, 0.2) is 18.2 Å². The van der Waals surface area contributed by atoms with Gasteiger partial charge in [0.05, 0.1) is 6.61 Å². The summed E-state index contributed by atoms with van der Waals surface area (Å²) < 4.78 is 18.5. The van der Waals surface area contributed by atoms with Gasteiger partial charge in [-0.2, -0.15) is 0 Å². The molecule has 0 saturated carbocycles. The van der Waals surface area contributed by atoms with Crippen molar-refractivity contribution < 1.29 is 9.13 Å². The number of ether oxygens (including phenoxy) is 1. The lowest BCUT2D eigenvalue weighted by Gasteiger charge is -2.31. The summed E-state index contributed by atoms with van der Waals surface area (Å²) in [4.78, 5) is 2.33. The summed E-state index contributed by atoms with van der Waals surface area (Å²) in [6, 6.07) is 5.50. The number of hydrogen-bond donors (Lipinski definition) is 1. The number of anilines is 1. The van der Waals surface area contributed by atoms with Crippen LogP contribution in [0.2, 0.25) is 0 Å². The van der Waals surface area contributed by atoms with Crippen LogP contribution in [0.5, 0.6) is 0 Å². The van der Waals surface area contributed by atoms with Gasteiger partial charge in [0.15, 0.2) is 0 Å². The molecular formula is C16H27FN2O. The van der Waals surface area contributed by atoms with Gasteiger partial charge in [-0.3, -0.25) is 0 Å². The third-order valence-corrected chi connectivity index (χ3v) is 3.61. The van der Waals surface area contributed by atoms with Gasteiger partial charge in [0.25, 0.3) is 0 Å². The molecule has 1 aromatic rings. The predicted octanol–water partition coefficient (Wildman–Crippen LogP) is 3.19. The molecule has 0 saturated heterocycles. The van der Waals surface area contributed by atoms with Gasteiger partial charge in [0, 0.05) is 38.5 Å². The summed E-state index contributed by atoms with van der Waals surface area (Å²) in [5.41, 5.74) is 2.12. The minimum Gasteiger partial charge on any atom is -0.383 e. The summed E-state index contributed by atoms with van der Waals surface area (Å²) in [7, 11) is 1.68. The standard InChI is InChI=1S/C16H27FN2O/c1-5-13(3)19(6-2)16-8-7-15(17)11-14(16)12-18-9-10-20-4/h7-8,11,13,18H,5-6,9-10,12H2,1-4H3. The number of halogens is 1. The maximum Gasteiger partial charge on any atom is 0.123 e. The molecular weight excluding hydrogens is 255 g/mol. The van der Waals surface area contributed by atoms with Gasteiger partial charge in [-0.25, -0.2) is 4.39 Å². The second-order valence-corrected chi connectivity index (χ2v) is 4.99. The summed E-state index contributed by atoms with van der Waals surface area (Å²) in [6.07, 6.45) is 1.07. The highest BCUT2D eigenvalue weighted by atomic mass is 19.1. The van der Waals surface area contributed by atoms with E-state index in [4.69, 9.17) is 4.74 Å². The molecule has 0 fully saturated rings. The number of benzene rings is 1. The number of hydrogen-bond acceptors (Lipinski definition) is 3. The molecule has 0 radical (unpaired) electrons. The van der Waals surface area contributed by atoms with E-state index in [-0.39, 0.29) is 5.82 Å². The van der Waals surface area contributed by atoms with Gasteiger partial charge < -0.3 is 15.0 Å². The predicted molar refractivity (Wildman–Crippen MR) is 82.8 cm³/mol. The molecule has 1 atom stereocenters. The van der Waals surface area contributed by atoms with Crippen LogP contribution in [0.4, 0.5) is 10.1 Å². The van der Waals surface area contributed by atoms with Crippen molar-refractivity contribution >= 4 is 5.69 Å². The van der Waals surface area contributed by atoms with E-state index < -0.39 is 0 Å². The van der Waals surface area contributed by atoms with Gasteiger partial charge >= 0.3 is 0 Å². The molecule has 0 aromatic heterocycles. The SMILES string of the molecule is CCC(C)N(CC)c1ccc(F)cc1CNCCOC. The van der Waals surface area contributed by atoms with E-state index in [9.17, 15) is 4.39 Å². The second-order valence-electron chi connectivity index (χ2n) is 4.99. The topological polar surface area (TPSA) is 24.5 Å². The minimum atomic E-state index is -0.183. The molecule has 0 spiro atoms. The molecule has 0 bridgehead atoms. The molecule has 0 amide bonds. The van der Waals surface area contributed by atoms with Gasteiger partial charge in [0.1, 0.15) is 5.82 Å². The van der Waals surface area contributed by atoms with Gasteiger partial charge in [-0.15, -0.1) is 0 Å². The van der Waals surface area contributed by atoms with Crippen LogP contribution >= 0.6 is 0 Å². The van der Waals surface area contributed by atoms with E-state index in [1.807, 2.05) is 6.07 Å². The quantitative estimate of drug-likeness (QED) is 0.704. The Morgan fingerprint density at radius 2 is 2.10 bits per heavy atom. The van der Waals surface area contributed by atoms with Gasteiger partial charge in [-0.1, -0.05) is 6.92 Å². The average molecular weight is 282 g/mol. The van der Waals surface area contributed by atoms with E-state index in [1.54, 1.807) is 19.2 Å². The smallest absolute Gasteiger partial charge is 0.123 e. The molecule has 0 aliphatic heterocycles. The first-order valence-corrected chi connectivity index (χ1v) is 7.38. The molecule has 3 nitrogen and oxygen atoms in total. The van der Waals surface area contributed by atoms with Crippen LogP contribution in [-0.2, 0) is 11.3 Å². The van der Waals surface area contributed by atoms with E-state index in [0.29, 0.717) is 19.2 Å². The number of methoxy groups -OCH3 is 1. The van der Waals surface area contributed by atoms with Gasteiger partial charge in [-0.05, 0) is 44.0 Å². The maximum atomic E-state index is 13.5. The zero-order valence-corrected chi connectivity index (χ0v) is 13.1. The normalized spacial score (nSPS) is 12.4. The van der Waals surface area contributed by atoms with Crippen LogP contribution in [-0.4, -0.2) is 32.8 Å². The molecule has 1 rings (SSSR count). The molecule has 1 unspecified atom stereocenters. The second kappa shape index (κ2) is 8.93. The van der Waals surface area contributed by atoms with E-state index in [2.05, 4.69) is 31.0 Å². The lowest BCUT2D eigenvalue weighted by atomic mass is 10.1. The van der Waals surface area contributed by atoms with Crippen molar-refractivity contribution in [3.8, 4) is 0 Å². The first-order valence-electron chi connectivity index (χ1n) is 7.38.